The third-order valence-corrected chi connectivity index (χ3v) is 5.71. The third kappa shape index (κ3) is 4.00. The Hall–Kier alpha value is -1.56. The van der Waals surface area contributed by atoms with Crippen LogP contribution in [0.25, 0.3) is 0 Å². The predicted molar refractivity (Wildman–Crippen MR) is 105 cm³/mol. The van der Waals surface area contributed by atoms with Crippen molar-refractivity contribution in [3.05, 3.63) is 53.4 Å². The third-order valence-electron chi connectivity index (χ3n) is 5.24. The molecular formula is C19H22ClN3OS. The Bertz CT molecular complexity index is 705. The van der Waals surface area contributed by atoms with Gasteiger partial charge in [0.1, 0.15) is 5.76 Å². The first-order valence-corrected chi connectivity index (χ1v) is 9.57. The smallest absolute Gasteiger partial charge is 0.170 e. The van der Waals surface area contributed by atoms with E-state index in [1.165, 1.54) is 12.8 Å². The Morgan fingerprint density at radius 2 is 1.88 bits per heavy atom. The van der Waals surface area contributed by atoms with Crippen LogP contribution in [0.2, 0.25) is 5.02 Å². The van der Waals surface area contributed by atoms with Crippen LogP contribution in [0.5, 0.6) is 0 Å². The Kier molecular flexibility index (Phi) is 4.97. The molecule has 25 heavy (non-hydrogen) atoms. The molecule has 0 saturated carbocycles. The molecule has 3 atom stereocenters. The van der Waals surface area contributed by atoms with Crippen molar-refractivity contribution in [1.82, 2.24) is 10.2 Å². The molecular weight excluding hydrogens is 354 g/mol. The largest absolute Gasteiger partial charge is 0.468 e. The first kappa shape index (κ1) is 16.9. The number of nitrogens with one attached hydrogen (secondary N) is 2. The molecule has 1 unspecified atom stereocenters. The van der Waals surface area contributed by atoms with E-state index in [2.05, 4.69) is 21.6 Å². The van der Waals surface area contributed by atoms with Crippen molar-refractivity contribution in [3.8, 4) is 0 Å². The summed E-state index contributed by atoms with van der Waals surface area (Å²) < 4.78 is 5.53. The standard InChI is InChI=1S/C19H22ClN3OS/c20-13-3-5-14(6-4-13)21-19(25)22-15-10-16-7-8-17(11-15)23(16)12-18-2-1-9-24-18/h1-6,9,15-17H,7-8,10-12H2,(H2,21,22,25)/t15?,16-,17+. The van der Waals surface area contributed by atoms with Crippen molar-refractivity contribution >= 4 is 34.6 Å². The van der Waals surface area contributed by atoms with Crippen molar-refractivity contribution in [3.63, 3.8) is 0 Å². The molecule has 2 bridgehead atoms. The van der Waals surface area contributed by atoms with E-state index < -0.39 is 0 Å². The number of benzene rings is 1. The van der Waals surface area contributed by atoms with Gasteiger partial charge in [-0.2, -0.15) is 0 Å². The fourth-order valence-corrected chi connectivity index (χ4v) is 4.53. The van der Waals surface area contributed by atoms with Crippen molar-refractivity contribution in [2.45, 2.75) is 50.4 Å². The van der Waals surface area contributed by atoms with E-state index in [0.717, 1.165) is 35.9 Å². The van der Waals surface area contributed by atoms with E-state index in [1.807, 2.05) is 30.3 Å². The number of anilines is 1. The van der Waals surface area contributed by atoms with Gasteiger partial charge in [0, 0.05) is 28.8 Å². The Morgan fingerprint density at radius 1 is 1.16 bits per heavy atom. The van der Waals surface area contributed by atoms with Gasteiger partial charge in [0.15, 0.2) is 5.11 Å². The fraction of sp³-hybridized carbons (Fsp3) is 0.421. The molecule has 4 nitrogen and oxygen atoms in total. The summed E-state index contributed by atoms with van der Waals surface area (Å²) in [6.07, 6.45) is 6.54. The molecule has 2 aliphatic heterocycles. The lowest BCUT2D eigenvalue weighted by Crippen LogP contribution is -2.50. The quantitative estimate of drug-likeness (QED) is 0.774. The molecule has 0 spiro atoms. The van der Waals surface area contributed by atoms with Crippen LogP contribution in [0, 0.1) is 0 Å². The average Bonchev–Trinajstić information content (AvgIpc) is 3.17. The zero-order valence-electron chi connectivity index (χ0n) is 14.0. The van der Waals surface area contributed by atoms with Crippen LogP contribution >= 0.6 is 23.8 Å². The van der Waals surface area contributed by atoms with Crippen LogP contribution in [0.1, 0.15) is 31.4 Å². The molecule has 6 heteroatoms. The normalized spacial score (nSPS) is 25.7. The van der Waals surface area contributed by atoms with E-state index in [-0.39, 0.29) is 0 Å². The second-order valence-electron chi connectivity index (χ2n) is 6.91. The number of nitrogens with zero attached hydrogens (tertiary/aromatic N) is 1. The molecule has 4 rings (SSSR count). The molecule has 3 heterocycles. The van der Waals surface area contributed by atoms with E-state index >= 15 is 0 Å². The highest BCUT2D eigenvalue weighted by atomic mass is 35.5. The number of rotatable bonds is 4. The fourth-order valence-electron chi connectivity index (χ4n) is 4.12. The van der Waals surface area contributed by atoms with Crippen molar-refractivity contribution in [2.24, 2.45) is 0 Å². The zero-order valence-corrected chi connectivity index (χ0v) is 15.5. The van der Waals surface area contributed by atoms with Gasteiger partial charge < -0.3 is 15.1 Å². The van der Waals surface area contributed by atoms with Crippen LogP contribution < -0.4 is 10.6 Å². The predicted octanol–water partition coefficient (Wildman–Crippen LogP) is 4.42. The lowest BCUT2D eigenvalue weighted by Gasteiger charge is -2.39. The van der Waals surface area contributed by atoms with Gasteiger partial charge in [-0.3, -0.25) is 4.90 Å². The summed E-state index contributed by atoms with van der Waals surface area (Å²) in [6, 6.07) is 13.3. The number of halogens is 1. The van der Waals surface area contributed by atoms with Gasteiger partial charge in [0.05, 0.1) is 12.8 Å². The summed E-state index contributed by atoms with van der Waals surface area (Å²) in [5, 5.41) is 8.16. The van der Waals surface area contributed by atoms with E-state index in [4.69, 9.17) is 28.2 Å². The maximum atomic E-state index is 5.92. The van der Waals surface area contributed by atoms with Crippen LogP contribution in [0.4, 0.5) is 5.69 Å². The topological polar surface area (TPSA) is 40.4 Å². The van der Waals surface area contributed by atoms with Crippen molar-refractivity contribution in [2.75, 3.05) is 5.32 Å². The van der Waals surface area contributed by atoms with E-state index in [1.54, 1.807) is 6.26 Å². The maximum absolute atomic E-state index is 5.92. The van der Waals surface area contributed by atoms with Crippen molar-refractivity contribution in [1.29, 1.82) is 0 Å². The number of piperidine rings is 1. The highest BCUT2D eigenvalue weighted by molar-refractivity contribution is 7.80. The molecule has 0 aliphatic carbocycles. The first-order valence-electron chi connectivity index (χ1n) is 8.78. The van der Waals surface area contributed by atoms with Gasteiger partial charge in [0.25, 0.3) is 0 Å². The molecule has 2 aromatic rings. The lowest BCUT2D eigenvalue weighted by atomic mass is 9.97. The number of furan rings is 1. The van der Waals surface area contributed by atoms with Crippen LogP contribution in [-0.4, -0.2) is 28.1 Å². The minimum Gasteiger partial charge on any atom is -0.468 e. The monoisotopic (exact) mass is 375 g/mol. The Balaban J connectivity index is 1.31. The van der Waals surface area contributed by atoms with Gasteiger partial charge >= 0.3 is 0 Å². The Morgan fingerprint density at radius 3 is 2.52 bits per heavy atom. The summed E-state index contributed by atoms with van der Waals surface area (Å²) in [5.74, 6) is 1.06. The molecule has 0 amide bonds. The maximum Gasteiger partial charge on any atom is 0.170 e. The van der Waals surface area contributed by atoms with Gasteiger partial charge in [-0.1, -0.05) is 11.6 Å². The Labute approximate surface area is 158 Å². The van der Waals surface area contributed by atoms with E-state index in [0.29, 0.717) is 23.2 Å². The number of thiocarbonyl (C=S) groups is 1. The summed E-state index contributed by atoms with van der Waals surface area (Å²) in [5.41, 5.74) is 0.958. The van der Waals surface area contributed by atoms with Crippen LogP contribution in [0.3, 0.4) is 0 Å². The number of fused-ring (bicyclic) bond motifs is 2. The molecule has 2 N–H and O–H groups in total. The van der Waals surface area contributed by atoms with Gasteiger partial charge in [-0.15, -0.1) is 0 Å². The number of hydrogen-bond acceptors (Lipinski definition) is 3. The molecule has 1 aromatic heterocycles. The van der Waals surface area contributed by atoms with E-state index in [9.17, 15) is 0 Å². The molecule has 2 fully saturated rings. The molecule has 132 valence electrons. The second-order valence-corrected chi connectivity index (χ2v) is 7.76. The highest BCUT2D eigenvalue weighted by Gasteiger charge is 2.41. The summed E-state index contributed by atoms with van der Waals surface area (Å²) >= 11 is 11.4. The van der Waals surface area contributed by atoms with Gasteiger partial charge in [-0.25, -0.2) is 0 Å². The molecule has 1 aromatic carbocycles. The van der Waals surface area contributed by atoms with Gasteiger partial charge in [-0.05, 0) is 74.3 Å². The summed E-state index contributed by atoms with van der Waals surface area (Å²) in [6.45, 7) is 0.919. The minimum absolute atomic E-state index is 0.428. The van der Waals surface area contributed by atoms with Crippen LogP contribution in [-0.2, 0) is 6.54 Å². The molecule has 2 saturated heterocycles. The number of hydrogen-bond donors (Lipinski definition) is 2. The average molecular weight is 376 g/mol. The van der Waals surface area contributed by atoms with Crippen molar-refractivity contribution < 1.29 is 4.42 Å². The summed E-state index contributed by atoms with van der Waals surface area (Å²) in [4.78, 5) is 2.60. The minimum atomic E-state index is 0.428. The lowest BCUT2D eigenvalue weighted by molar-refractivity contribution is 0.106. The first-order chi connectivity index (χ1) is 12.2. The zero-order chi connectivity index (χ0) is 17.2. The highest BCUT2D eigenvalue weighted by Crippen LogP contribution is 2.36. The molecule has 2 aliphatic rings. The SMILES string of the molecule is S=C(Nc1ccc(Cl)cc1)NC1C[C@H]2CC[C@@H](C1)N2Cc1ccco1. The molecule has 0 radical (unpaired) electrons. The second kappa shape index (κ2) is 7.36. The summed E-state index contributed by atoms with van der Waals surface area (Å²) in [7, 11) is 0. The van der Waals surface area contributed by atoms with Gasteiger partial charge in [0.2, 0.25) is 0 Å². The van der Waals surface area contributed by atoms with Crippen LogP contribution in [0.15, 0.2) is 47.1 Å².